The molecule has 0 spiro atoms. The monoisotopic (exact) mass is 386 g/mol. The molecule has 0 saturated carbocycles. The lowest BCUT2D eigenvalue weighted by atomic mass is 10.1. The summed E-state index contributed by atoms with van der Waals surface area (Å²) in [7, 11) is 0. The molecule has 1 heterocycles. The van der Waals surface area contributed by atoms with Crippen LogP contribution in [0.5, 0.6) is 5.75 Å². The van der Waals surface area contributed by atoms with Crippen molar-refractivity contribution in [2.45, 2.75) is 0 Å². The minimum Gasteiger partial charge on any atom is -0.492 e. The summed E-state index contributed by atoms with van der Waals surface area (Å²) in [5.74, 6) is 0.441. The molecule has 1 aromatic heterocycles. The predicted octanol–water partition coefficient (Wildman–Crippen LogP) is 3.34. The number of nitrogen functional groups attached to an aromatic ring is 1. The average Bonchev–Trinajstić information content (AvgIpc) is 2.76. The molecular weight excluding hydrogens is 364 g/mol. The van der Waals surface area contributed by atoms with Crippen molar-refractivity contribution in [3.63, 3.8) is 0 Å². The van der Waals surface area contributed by atoms with E-state index >= 15 is 0 Å². The normalized spacial score (nSPS) is 10.6. The van der Waals surface area contributed by atoms with Gasteiger partial charge < -0.3 is 15.8 Å². The van der Waals surface area contributed by atoms with E-state index in [1.54, 1.807) is 48.8 Å². The quantitative estimate of drug-likeness (QED) is 0.314. The third kappa shape index (κ3) is 6.04. The molecule has 6 heteroatoms. The number of hydrogen-bond acceptors (Lipinski definition) is 4. The van der Waals surface area contributed by atoms with Gasteiger partial charge in [0.25, 0.3) is 5.91 Å². The highest BCUT2D eigenvalue weighted by Crippen LogP contribution is 2.13. The molecule has 3 rings (SSSR count). The number of ether oxygens (including phenoxy) is 1. The van der Waals surface area contributed by atoms with Gasteiger partial charge in [0, 0.05) is 23.5 Å². The first-order valence-electron chi connectivity index (χ1n) is 9.15. The number of rotatable bonds is 8. The standard InChI is InChI=1S/C23H22N4O2/c24-22(25)20-2-1-3-21(16-20)29-15-14-27-23(28)19-8-6-17(7-9-19)4-5-18-10-12-26-13-11-18/h1-13,16H,14-15H2,(H3,24,25)(H,27,28)/b5-4+. The minimum atomic E-state index is -0.157. The second kappa shape index (κ2) is 9.85. The molecule has 0 saturated heterocycles. The van der Waals surface area contributed by atoms with E-state index in [-0.39, 0.29) is 11.7 Å². The summed E-state index contributed by atoms with van der Waals surface area (Å²) in [6, 6.07) is 18.2. The molecular formula is C23H22N4O2. The molecule has 0 fully saturated rings. The molecule has 0 unspecified atom stereocenters. The van der Waals surface area contributed by atoms with Crippen LogP contribution >= 0.6 is 0 Å². The van der Waals surface area contributed by atoms with E-state index < -0.39 is 0 Å². The Labute approximate surface area is 169 Å². The van der Waals surface area contributed by atoms with Crippen LogP contribution in [0.4, 0.5) is 0 Å². The second-order valence-corrected chi connectivity index (χ2v) is 6.28. The van der Waals surface area contributed by atoms with Crippen molar-refractivity contribution in [3.05, 3.63) is 95.3 Å². The molecule has 6 nitrogen and oxygen atoms in total. The van der Waals surface area contributed by atoms with Crippen molar-refractivity contribution < 1.29 is 9.53 Å². The Kier molecular flexibility index (Phi) is 6.73. The Balaban J connectivity index is 1.46. The lowest BCUT2D eigenvalue weighted by molar-refractivity contribution is 0.0947. The lowest BCUT2D eigenvalue weighted by Gasteiger charge is -2.09. The number of nitrogens with two attached hydrogens (primary N) is 1. The van der Waals surface area contributed by atoms with E-state index in [2.05, 4.69) is 10.3 Å². The summed E-state index contributed by atoms with van der Waals surface area (Å²) >= 11 is 0. The maximum atomic E-state index is 12.3. The van der Waals surface area contributed by atoms with Gasteiger partial charge in [-0.1, -0.05) is 36.4 Å². The van der Waals surface area contributed by atoms with Gasteiger partial charge in [0.2, 0.25) is 0 Å². The fourth-order valence-electron chi connectivity index (χ4n) is 2.60. The van der Waals surface area contributed by atoms with E-state index in [0.717, 1.165) is 11.1 Å². The maximum Gasteiger partial charge on any atom is 0.251 e. The number of benzene rings is 2. The molecule has 1 amide bonds. The predicted molar refractivity (Wildman–Crippen MR) is 115 cm³/mol. The van der Waals surface area contributed by atoms with E-state index in [0.29, 0.717) is 30.0 Å². The third-order valence-corrected chi connectivity index (χ3v) is 4.15. The van der Waals surface area contributed by atoms with Gasteiger partial charge >= 0.3 is 0 Å². The summed E-state index contributed by atoms with van der Waals surface area (Å²) in [5, 5.41) is 10.3. The summed E-state index contributed by atoms with van der Waals surface area (Å²) in [6.07, 6.45) is 7.48. The van der Waals surface area contributed by atoms with Crippen LogP contribution in [0.25, 0.3) is 12.2 Å². The molecule has 0 aliphatic carbocycles. The third-order valence-electron chi connectivity index (χ3n) is 4.15. The van der Waals surface area contributed by atoms with Crippen LogP contribution in [0.3, 0.4) is 0 Å². The number of aromatic nitrogens is 1. The Hall–Kier alpha value is -3.93. The maximum absolute atomic E-state index is 12.3. The van der Waals surface area contributed by atoms with Crippen molar-refractivity contribution in [1.29, 1.82) is 5.41 Å². The van der Waals surface area contributed by atoms with Crippen molar-refractivity contribution in [2.75, 3.05) is 13.2 Å². The van der Waals surface area contributed by atoms with E-state index in [1.165, 1.54) is 0 Å². The molecule has 0 atom stereocenters. The molecule has 0 aliphatic rings. The molecule has 0 aliphatic heterocycles. The molecule has 2 aromatic carbocycles. The first kappa shape index (κ1) is 19.8. The van der Waals surface area contributed by atoms with Gasteiger partial charge in [-0.05, 0) is 47.5 Å². The SMILES string of the molecule is N=C(N)c1cccc(OCCNC(=O)c2ccc(/C=C/c3ccncc3)cc2)c1. The smallest absolute Gasteiger partial charge is 0.251 e. The largest absolute Gasteiger partial charge is 0.492 e. The van der Waals surface area contributed by atoms with Crippen molar-refractivity contribution >= 4 is 23.9 Å². The molecule has 3 aromatic rings. The van der Waals surface area contributed by atoms with E-state index in [4.69, 9.17) is 15.9 Å². The van der Waals surface area contributed by atoms with Crippen LogP contribution in [0.1, 0.15) is 27.0 Å². The fraction of sp³-hybridized carbons (Fsp3) is 0.0870. The highest BCUT2D eigenvalue weighted by molar-refractivity contribution is 5.95. The van der Waals surface area contributed by atoms with Crippen LogP contribution in [0.15, 0.2) is 73.1 Å². The van der Waals surface area contributed by atoms with Gasteiger partial charge in [-0.2, -0.15) is 0 Å². The van der Waals surface area contributed by atoms with Gasteiger partial charge in [0.15, 0.2) is 0 Å². The van der Waals surface area contributed by atoms with Crippen molar-refractivity contribution in [2.24, 2.45) is 5.73 Å². The second-order valence-electron chi connectivity index (χ2n) is 6.28. The summed E-state index contributed by atoms with van der Waals surface area (Å²) in [6.45, 7) is 0.687. The molecule has 0 radical (unpaired) electrons. The molecule has 29 heavy (non-hydrogen) atoms. The number of pyridine rings is 1. The number of carbonyl (C=O) groups is 1. The van der Waals surface area contributed by atoms with Crippen LogP contribution in [0, 0.1) is 5.41 Å². The van der Waals surface area contributed by atoms with Crippen LogP contribution < -0.4 is 15.8 Å². The highest BCUT2D eigenvalue weighted by atomic mass is 16.5. The zero-order chi connectivity index (χ0) is 20.5. The number of amidine groups is 1. The minimum absolute atomic E-state index is 0.0113. The van der Waals surface area contributed by atoms with Crippen LogP contribution in [-0.4, -0.2) is 29.9 Å². The summed E-state index contributed by atoms with van der Waals surface area (Å²) in [4.78, 5) is 16.2. The number of nitrogens with zero attached hydrogens (tertiary/aromatic N) is 1. The lowest BCUT2D eigenvalue weighted by Crippen LogP contribution is -2.28. The topological polar surface area (TPSA) is 101 Å². The van der Waals surface area contributed by atoms with E-state index in [1.807, 2.05) is 36.4 Å². The molecule has 4 N–H and O–H groups in total. The Morgan fingerprint density at radius 1 is 1.00 bits per heavy atom. The Bertz CT molecular complexity index is 999. The van der Waals surface area contributed by atoms with Gasteiger partial charge in [-0.3, -0.25) is 15.2 Å². The summed E-state index contributed by atoms with van der Waals surface area (Å²) < 4.78 is 5.60. The number of nitrogens with one attached hydrogen (secondary N) is 2. The Morgan fingerprint density at radius 2 is 1.69 bits per heavy atom. The van der Waals surface area contributed by atoms with Gasteiger partial charge in [0.05, 0.1) is 6.54 Å². The van der Waals surface area contributed by atoms with Crippen molar-refractivity contribution in [3.8, 4) is 5.75 Å². The molecule has 146 valence electrons. The molecule has 0 bridgehead atoms. The number of carbonyl (C=O) groups excluding carboxylic acids is 1. The summed E-state index contributed by atoms with van der Waals surface area (Å²) in [5.41, 5.74) is 8.73. The average molecular weight is 386 g/mol. The van der Waals surface area contributed by atoms with Crippen LogP contribution in [-0.2, 0) is 0 Å². The zero-order valence-corrected chi connectivity index (χ0v) is 15.8. The van der Waals surface area contributed by atoms with Crippen molar-refractivity contribution in [1.82, 2.24) is 10.3 Å². The fourth-order valence-corrected chi connectivity index (χ4v) is 2.60. The van der Waals surface area contributed by atoms with Gasteiger partial charge in [0.1, 0.15) is 18.2 Å². The van der Waals surface area contributed by atoms with E-state index in [9.17, 15) is 4.79 Å². The van der Waals surface area contributed by atoms with Crippen LogP contribution in [0.2, 0.25) is 0 Å². The highest BCUT2D eigenvalue weighted by Gasteiger charge is 2.05. The first-order valence-corrected chi connectivity index (χ1v) is 9.15. The number of amides is 1. The van der Waals surface area contributed by atoms with Gasteiger partial charge in [-0.15, -0.1) is 0 Å². The van der Waals surface area contributed by atoms with Gasteiger partial charge in [-0.25, -0.2) is 0 Å². The zero-order valence-electron chi connectivity index (χ0n) is 15.8. The first-order chi connectivity index (χ1) is 14.1. The number of hydrogen-bond donors (Lipinski definition) is 3. The Morgan fingerprint density at radius 3 is 2.38 bits per heavy atom.